The summed E-state index contributed by atoms with van der Waals surface area (Å²) >= 11 is 0. The van der Waals surface area contributed by atoms with Gasteiger partial charge < -0.3 is 15.2 Å². The highest BCUT2D eigenvalue weighted by atomic mass is 16.5. The maximum Gasteiger partial charge on any atom is 0.332 e. The fraction of sp³-hybridized carbons (Fsp3) is 0.857. The average Bonchev–Trinajstić information content (AvgIpc) is 2.73. The van der Waals surface area contributed by atoms with Crippen molar-refractivity contribution in [1.82, 2.24) is 5.32 Å². The van der Waals surface area contributed by atoms with Crippen molar-refractivity contribution in [2.45, 2.75) is 59.2 Å². The summed E-state index contributed by atoms with van der Waals surface area (Å²) < 4.78 is 5.22. The maximum absolute atomic E-state index is 11.9. The fourth-order valence-electron chi connectivity index (χ4n) is 2.63. The molecule has 110 valence electrons. The van der Waals surface area contributed by atoms with E-state index in [-0.39, 0.29) is 11.3 Å². The number of nitrogens with one attached hydrogen (secondary N) is 1. The molecule has 0 bridgehead atoms. The van der Waals surface area contributed by atoms with E-state index in [0.29, 0.717) is 25.3 Å². The lowest BCUT2D eigenvalue weighted by Crippen LogP contribution is -2.40. The van der Waals surface area contributed by atoms with Crippen LogP contribution in [0, 0.1) is 11.3 Å². The molecule has 2 atom stereocenters. The van der Waals surface area contributed by atoms with Crippen molar-refractivity contribution in [3.05, 3.63) is 0 Å². The van der Waals surface area contributed by atoms with Crippen molar-refractivity contribution in [2.24, 2.45) is 11.3 Å². The number of carboxylic acid groups (broad SMARTS) is 1. The number of hydrogen-bond acceptors (Lipinski definition) is 3. The first kappa shape index (κ1) is 16.0. The van der Waals surface area contributed by atoms with Gasteiger partial charge in [0.25, 0.3) is 0 Å². The third kappa shape index (κ3) is 5.19. The minimum atomic E-state index is -0.990. The van der Waals surface area contributed by atoms with Gasteiger partial charge in [-0.1, -0.05) is 27.7 Å². The van der Waals surface area contributed by atoms with Crippen LogP contribution in [-0.2, 0) is 14.3 Å². The normalized spacial score (nSPS) is 23.6. The van der Waals surface area contributed by atoms with Gasteiger partial charge in [-0.05, 0) is 30.6 Å². The molecule has 0 aromatic carbocycles. The highest BCUT2D eigenvalue weighted by Gasteiger charge is 2.35. The van der Waals surface area contributed by atoms with Crippen LogP contribution in [-0.4, -0.2) is 35.7 Å². The molecule has 1 saturated heterocycles. The Morgan fingerprint density at radius 1 is 1.32 bits per heavy atom. The summed E-state index contributed by atoms with van der Waals surface area (Å²) in [5, 5.41) is 11.7. The summed E-state index contributed by atoms with van der Waals surface area (Å²) in [7, 11) is 0. The number of hydrogen-bond donors (Lipinski definition) is 2. The van der Waals surface area contributed by atoms with E-state index in [1.54, 1.807) is 0 Å². The van der Waals surface area contributed by atoms with Crippen molar-refractivity contribution in [3.8, 4) is 0 Å². The largest absolute Gasteiger partial charge is 0.479 e. The predicted octanol–water partition coefficient (Wildman–Crippen LogP) is 1.81. The van der Waals surface area contributed by atoms with Crippen molar-refractivity contribution >= 4 is 11.9 Å². The van der Waals surface area contributed by atoms with Gasteiger partial charge in [0.05, 0.1) is 0 Å². The number of carbonyl (C=O) groups is 2. The van der Waals surface area contributed by atoms with Crippen LogP contribution in [0.5, 0.6) is 0 Å². The quantitative estimate of drug-likeness (QED) is 0.772. The molecule has 0 radical (unpaired) electrons. The first-order valence-corrected chi connectivity index (χ1v) is 6.87. The van der Waals surface area contributed by atoms with E-state index >= 15 is 0 Å². The van der Waals surface area contributed by atoms with Gasteiger partial charge in [-0.2, -0.15) is 0 Å². The van der Waals surface area contributed by atoms with Gasteiger partial charge >= 0.3 is 5.97 Å². The number of rotatable bonds is 6. The second-order valence-electron chi connectivity index (χ2n) is 6.51. The zero-order valence-corrected chi connectivity index (χ0v) is 12.2. The number of aliphatic carboxylic acids is 1. The molecular weight excluding hydrogens is 246 g/mol. The highest BCUT2D eigenvalue weighted by molar-refractivity contribution is 5.82. The lowest BCUT2D eigenvalue weighted by atomic mass is 9.84. The second-order valence-corrected chi connectivity index (χ2v) is 6.51. The number of carboxylic acids is 1. The van der Waals surface area contributed by atoms with Crippen LogP contribution in [0.25, 0.3) is 0 Å². The molecule has 0 saturated carbocycles. The Balaban J connectivity index is 2.38. The molecule has 0 spiro atoms. The van der Waals surface area contributed by atoms with Crippen molar-refractivity contribution in [2.75, 3.05) is 6.54 Å². The SMILES string of the molecule is CC(C)CC(C)(C)CNC(=O)[C@@H]1CC[C@H](C(=O)O)O1. The fourth-order valence-corrected chi connectivity index (χ4v) is 2.63. The zero-order chi connectivity index (χ0) is 14.6. The molecule has 1 heterocycles. The Labute approximate surface area is 114 Å². The van der Waals surface area contributed by atoms with E-state index in [1.807, 2.05) is 0 Å². The van der Waals surface area contributed by atoms with Gasteiger partial charge in [0, 0.05) is 6.54 Å². The lowest BCUT2D eigenvalue weighted by molar-refractivity contribution is -0.151. The Hall–Kier alpha value is -1.10. The Morgan fingerprint density at radius 3 is 2.37 bits per heavy atom. The van der Waals surface area contributed by atoms with Crippen LogP contribution in [0.3, 0.4) is 0 Å². The summed E-state index contributed by atoms with van der Waals surface area (Å²) in [6.45, 7) is 9.12. The van der Waals surface area contributed by atoms with Crippen LogP contribution in [0.2, 0.25) is 0 Å². The first-order chi connectivity index (χ1) is 8.71. The van der Waals surface area contributed by atoms with Crippen molar-refractivity contribution in [1.29, 1.82) is 0 Å². The number of amides is 1. The topological polar surface area (TPSA) is 75.6 Å². The van der Waals surface area contributed by atoms with Gasteiger partial charge in [-0.15, -0.1) is 0 Å². The molecule has 1 aliphatic rings. The van der Waals surface area contributed by atoms with Crippen LogP contribution in [0.15, 0.2) is 0 Å². The predicted molar refractivity (Wildman–Crippen MR) is 71.8 cm³/mol. The van der Waals surface area contributed by atoms with Crippen LogP contribution in [0.1, 0.15) is 47.0 Å². The molecule has 0 aromatic heterocycles. The standard InChI is InChI=1S/C14H25NO4/c1-9(2)7-14(3,4)8-15-12(16)10-5-6-11(19-10)13(17)18/h9-11H,5-8H2,1-4H3,(H,15,16)(H,17,18)/t10-,11+/m0/s1. The van der Waals surface area contributed by atoms with Gasteiger partial charge in [-0.25, -0.2) is 4.79 Å². The van der Waals surface area contributed by atoms with Gasteiger partial charge in [0.1, 0.15) is 6.10 Å². The number of ether oxygens (including phenoxy) is 1. The van der Waals surface area contributed by atoms with E-state index in [2.05, 4.69) is 33.0 Å². The van der Waals surface area contributed by atoms with Gasteiger partial charge in [0.15, 0.2) is 6.10 Å². The minimum Gasteiger partial charge on any atom is -0.479 e. The minimum absolute atomic E-state index is 0.0363. The molecule has 19 heavy (non-hydrogen) atoms. The lowest BCUT2D eigenvalue weighted by Gasteiger charge is -2.27. The van der Waals surface area contributed by atoms with E-state index in [4.69, 9.17) is 9.84 Å². The first-order valence-electron chi connectivity index (χ1n) is 6.87. The van der Waals surface area contributed by atoms with Crippen LogP contribution < -0.4 is 5.32 Å². The second kappa shape index (κ2) is 6.37. The molecule has 1 aliphatic heterocycles. The average molecular weight is 271 g/mol. The van der Waals surface area contributed by atoms with E-state index in [1.165, 1.54) is 0 Å². The smallest absolute Gasteiger partial charge is 0.332 e. The van der Waals surface area contributed by atoms with Crippen LogP contribution in [0.4, 0.5) is 0 Å². The highest BCUT2D eigenvalue weighted by Crippen LogP contribution is 2.25. The monoisotopic (exact) mass is 271 g/mol. The van der Waals surface area contributed by atoms with Crippen LogP contribution >= 0.6 is 0 Å². The molecule has 0 aromatic rings. The van der Waals surface area contributed by atoms with Crippen molar-refractivity contribution < 1.29 is 19.4 Å². The Bertz CT molecular complexity index is 338. The van der Waals surface area contributed by atoms with Gasteiger partial charge in [-0.3, -0.25) is 4.79 Å². The van der Waals surface area contributed by atoms with E-state index in [9.17, 15) is 9.59 Å². The molecule has 0 aliphatic carbocycles. The summed E-state index contributed by atoms with van der Waals surface area (Å²) in [4.78, 5) is 22.7. The number of carbonyl (C=O) groups excluding carboxylic acids is 1. The summed E-state index contributed by atoms with van der Waals surface area (Å²) in [5.74, 6) is -0.609. The molecular formula is C14H25NO4. The summed E-state index contributed by atoms with van der Waals surface area (Å²) in [6.07, 6.45) is 0.461. The van der Waals surface area contributed by atoms with Crippen molar-refractivity contribution in [3.63, 3.8) is 0 Å². The third-order valence-electron chi connectivity index (χ3n) is 3.29. The Morgan fingerprint density at radius 2 is 1.89 bits per heavy atom. The molecule has 1 rings (SSSR count). The summed E-state index contributed by atoms with van der Waals surface area (Å²) in [6, 6.07) is 0. The molecule has 1 amide bonds. The molecule has 1 fully saturated rings. The van der Waals surface area contributed by atoms with E-state index in [0.717, 1.165) is 6.42 Å². The maximum atomic E-state index is 11.9. The third-order valence-corrected chi connectivity index (χ3v) is 3.29. The zero-order valence-electron chi connectivity index (χ0n) is 12.2. The summed E-state index contributed by atoms with van der Waals surface area (Å²) in [5.41, 5.74) is 0.0363. The van der Waals surface area contributed by atoms with E-state index < -0.39 is 18.2 Å². The Kier molecular flexibility index (Phi) is 5.35. The molecule has 5 nitrogen and oxygen atoms in total. The molecule has 0 unspecified atom stereocenters. The van der Waals surface area contributed by atoms with Gasteiger partial charge in [0.2, 0.25) is 5.91 Å². The molecule has 5 heteroatoms. The molecule has 2 N–H and O–H groups in total.